The van der Waals surface area contributed by atoms with Gasteiger partial charge in [-0.1, -0.05) is 27.7 Å². The number of aryl methyl sites for hydroxylation is 1. The third-order valence-corrected chi connectivity index (χ3v) is 4.67. The van der Waals surface area contributed by atoms with Gasteiger partial charge in [0.05, 0.1) is 10.9 Å². The number of hydrogen-bond donors (Lipinski definition) is 2. The minimum absolute atomic E-state index is 0. The lowest BCUT2D eigenvalue weighted by Gasteiger charge is -2.29. The van der Waals surface area contributed by atoms with Crippen LogP contribution in [0.15, 0.2) is 15.7 Å². The maximum Gasteiger partial charge on any atom is 0.329 e. The standard InChI is InChI=1S/C19H29N5O3.2ClH/c1-7-24-15-14(16(25)22-18(24)27)12(8-13(21-15)11(2)3)17(26)23(6)10-19(4,5)9-20;;/h8,11H,7,9-10,20H2,1-6H3,(H,22,25,27);2*1H. The van der Waals surface area contributed by atoms with E-state index in [-0.39, 0.29) is 58.7 Å². The zero-order valence-electron chi connectivity index (χ0n) is 17.7. The van der Waals surface area contributed by atoms with Gasteiger partial charge in [-0.3, -0.25) is 19.1 Å². The van der Waals surface area contributed by atoms with Crippen molar-refractivity contribution in [1.82, 2.24) is 19.4 Å². The van der Waals surface area contributed by atoms with Crippen LogP contribution in [0, 0.1) is 5.41 Å². The monoisotopic (exact) mass is 447 g/mol. The summed E-state index contributed by atoms with van der Waals surface area (Å²) in [5.74, 6) is -0.260. The lowest BCUT2D eigenvalue weighted by atomic mass is 9.93. The van der Waals surface area contributed by atoms with Crippen molar-refractivity contribution in [3.63, 3.8) is 0 Å². The number of aromatic amines is 1. The van der Waals surface area contributed by atoms with Gasteiger partial charge in [0.15, 0.2) is 5.65 Å². The smallest absolute Gasteiger partial charge is 0.329 e. The Bertz CT molecular complexity index is 982. The summed E-state index contributed by atoms with van der Waals surface area (Å²) < 4.78 is 1.38. The molecule has 0 aromatic carbocycles. The zero-order valence-corrected chi connectivity index (χ0v) is 19.4. The van der Waals surface area contributed by atoms with Crippen molar-refractivity contribution in [2.45, 2.75) is 47.1 Å². The Hall–Kier alpha value is -1.90. The molecule has 29 heavy (non-hydrogen) atoms. The van der Waals surface area contributed by atoms with Gasteiger partial charge in [0.25, 0.3) is 11.5 Å². The number of aromatic nitrogens is 3. The molecule has 2 aromatic heterocycles. The summed E-state index contributed by atoms with van der Waals surface area (Å²) in [6, 6.07) is 1.65. The third-order valence-electron chi connectivity index (χ3n) is 4.67. The molecule has 0 saturated heterocycles. The molecule has 0 aliphatic heterocycles. The number of amides is 1. The van der Waals surface area contributed by atoms with E-state index < -0.39 is 11.2 Å². The molecular weight excluding hydrogens is 417 g/mol. The number of rotatable bonds is 6. The molecule has 0 aliphatic carbocycles. The number of nitrogens with one attached hydrogen (secondary N) is 1. The minimum atomic E-state index is -0.600. The van der Waals surface area contributed by atoms with Crippen molar-refractivity contribution < 1.29 is 4.79 Å². The Labute approximate surface area is 182 Å². The fourth-order valence-corrected chi connectivity index (χ4v) is 3.04. The van der Waals surface area contributed by atoms with Gasteiger partial charge < -0.3 is 10.6 Å². The van der Waals surface area contributed by atoms with Crippen LogP contribution in [0.4, 0.5) is 0 Å². The van der Waals surface area contributed by atoms with E-state index in [0.717, 1.165) is 0 Å². The van der Waals surface area contributed by atoms with Crippen molar-refractivity contribution in [2.75, 3.05) is 20.1 Å². The van der Waals surface area contributed by atoms with E-state index in [2.05, 4.69) is 9.97 Å². The zero-order chi connectivity index (χ0) is 20.5. The molecule has 0 fully saturated rings. The molecule has 1 amide bonds. The molecule has 0 bridgehead atoms. The minimum Gasteiger partial charge on any atom is -0.341 e. The van der Waals surface area contributed by atoms with Gasteiger partial charge in [0.2, 0.25) is 0 Å². The van der Waals surface area contributed by atoms with Crippen LogP contribution in [-0.4, -0.2) is 45.5 Å². The molecule has 164 valence electrons. The van der Waals surface area contributed by atoms with E-state index in [1.807, 2.05) is 27.7 Å². The summed E-state index contributed by atoms with van der Waals surface area (Å²) in [4.78, 5) is 46.3. The van der Waals surface area contributed by atoms with Crippen molar-refractivity contribution in [3.8, 4) is 0 Å². The largest absolute Gasteiger partial charge is 0.341 e. The Morgan fingerprint density at radius 3 is 2.38 bits per heavy atom. The molecule has 2 heterocycles. The number of H-pyrrole nitrogens is 1. The highest BCUT2D eigenvalue weighted by molar-refractivity contribution is 6.05. The number of nitrogens with two attached hydrogens (primary N) is 1. The van der Waals surface area contributed by atoms with Crippen LogP contribution in [0.3, 0.4) is 0 Å². The number of fused-ring (bicyclic) bond motifs is 1. The molecular formula is C19H31Cl2N5O3. The number of carbonyl (C=O) groups is 1. The SMILES string of the molecule is CCn1c(=O)[nH]c(=O)c2c(C(=O)N(C)CC(C)(C)CN)cc(C(C)C)nc21.Cl.Cl. The highest BCUT2D eigenvalue weighted by Gasteiger charge is 2.26. The van der Waals surface area contributed by atoms with E-state index in [1.54, 1.807) is 24.9 Å². The van der Waals surface area contributed by atoms with E-state index in [1.165, 1.54) is 4.57 Å². The first kappa shape index (κ1) is 27.1. The fraction of sp³-hybridized carbons (Fsp3) is 0.579. The van der Waals surface area contributed by atoms with Crippen molar-refractivity contribution in [1.29, 1.82) is 0 Å². The van der Waals surface area contributed by atoms with Crippen molar-refractivity contribution in [2.24, 2.45) is 11.1 Å². The molecule has 0 aliphatic rings. The van der Waals surface area contributed by atoms with E-state index >= 15 is 0 Å². The van der Waals surface area contributed by atoms with Gasteiger partial charge in [-0.25, -0.2) is 9.78 Å². The third kappa shape index (κ3) is 5.58. The molecule has 2 rings (SSSR count). The maximum absolute atomic E-state index is 13.2. The Morgan fingerprint density at radius 2 is 1.90 bits per heavy atom. The highest BCUT2D eigenvalue weighted by atomic mass is 35.5. The van der Waals surface area contributed by atoms with Gasteiger partial charge in [-0.15, -0.1) is 24.8 Å². The average molecular weight is 448 g/mol. The van der Waals surface area contributed by atoms with Gasteiger partial charge in [-0.2, -0.15) is 0 Å². The van der Waals surface area contributed by atoms with Crippen molar-refractivity contribution in [3.05, 3.63) is 38.2 Å². The van der Waals surface area contributed by atoms with Crippen molar-refractivity contribution >= 4 is 41.8 Å². The summed E-state index contributed by atoms with van der Waals surface area (Å²) >= 11 is 0. The van der Waals surface area contributed by atoms with E-state index in [9.17, 15) is 14.4 Å². The van der Waals surface area contributed by atoms with Crippen LogP contribution in [-0.2, 0) is 6.54 Å². The molecule has 0 spiro atoms. The highest BCUT2D eigenvalue weighted by Crippen LogP contribution is 2.22. The van der Waals surface area contributed by atoms with E-state index in [4.69, 9.17) is 5.73 Å². The lowest BCUT2D eigenvalue weighted by Crippen LogP contribution is -2.40. The number of carbonyl (C=O) groups excluding carboxylic acids is 1. The topological polar surface area (TPSA) is 114 Å². The van der Waals surface area contributed by atoms with E-state index in [0.29, 0.717) is 25.3 Å². The number of halogens is 2. The van der Waals surface area contributed by atoms with Gasteiger partial charge >= 0.3 is 5.69 Å². The second-order valence-corrected chi connectivity index (χ2v) is 7.98. The molecule has 10 heteroatoms. The second-order valence-electron chi connectivity index (χ2n) is 7.98. The van der Waals surface area contributed by atoms with Gasteiger partial charge in [-0.05, 0) is 30.9 Å². The number of pyridine rings is 1. The molecule has 3 N–H and O–H groups in total. The first-order valence-electron chi connectivity index (χ1n) is 9.15. The second kappa shape index (κ2) is 10.2. The molecule has 0 atom stereocenters. The van der Waals surface area contributed by atoms with Gasteiger partial charge in [0, 0.05) is 25.8 Å². The predicted molar refractivity (Wildman–Crippen MR) is 121 cm³/mol. The van der Waals surface area contributed by atoms with Crippen LogP contribution in [0.2, 0.25) is 0 Å². The quantitative estimate of drug-likeness (QED) is 0.703. The molecule has 2 aromatic rings. The Balaban J connectivity index is 0.00000392. The summed E-state index contributed by atoms with van der Waals surface area (Å²) in [6.45, 7) is 10.8. The summed E-state index contributed by atoms with van der Waals surface area (Å²) in [6.07, 6.45) is 0. The number of hydrogen-bond acceptors (Lipinski definition) is 5. The first-order chi connectivity index (χ1) is 12.5. The fourth-order valence-electron chi connectivity index (χ4n) is 3.04. The summed E-state index contributed by atoms with van der Waals surface area (Å²) in [5, 5.41) is 0.142. The summed E-state index contributed by atoms with van der Waals surface area (Å²) in [7, 11) is 1.69. The lowest BCUT2D eigenvalue weighted by molar-refractivity contribution is 0.0742. The molecule has 8 nitrogen and oxygen atoms in total. The maximum atomic E-state index is 13.2. The van der Waals surface area contributed by atoms with Crippen LogP contribution in [0.25, 0.3) is 11.0 Å². The van der Waals surface area contributed by atoms with Crippen LogP contribution < -0.4 is 17.0 Å². The Kier molecular flexibility index (Phi) is 9.56. The van der Waals surface area contributed by atoms with Crippen LogP contribution in [0.1, 0.15) is 56.6 Å². The normalized spacial score (nSPS) is 11.2. The van der Waals surface area contributed by atoms with Crippen LogP contribution >= 0.6 is 24.8 Å². The molecule has 0 saturated carbocycles. The average Bonchev–Trinajstić information content (AvgIpc) is 2.59. The van der Waals surface area contributed by atoms with Crippen LogP contribution in [0.5, 0.6) is 0 Å². The summed E-state index contributed by atoms with van der Waals surface area (Å²) in [5.41, 5.74) is 5.55. The number of nitrogens with zero attached hydrogens (tertiary/aromatic N) is 3. The predicted octanol–water partition coefficient (Wildman–Crippen LogP) is 2.13. The first-order valence-corrected chi connectivity index (χ1v) is 9.15. The Morgan fingerprint density at radius 1 is 1.31 bits per heavy atom. The molecule has 0 radical (unpaired) electrons. The van der Waals surface area contributed by atoms with Gasteiger partial charge in [0.1, 0.15) is 0 Å². The molecule has 0 unspecified atom stereocenters.